The highest BCUT2D eigenvalue weighted by Gasteiger charge is 2.34. The number of methoxy groups -OCH3 is 1. The van der Waals surface area contributed by atoms with E-state index >= 15 is 0 Å². The fourth-order valence-electron chi connectivity index (χ4n) is 3.23. The van der Waals surface area contributed by atoms with Gasteiger partial charge in [-0.3, -0.25) is 4.99 Å². The summed E-state index contributed by atoms with van der Waals surface area (Å²) in [5.41, 5.74) is 1.42. The molecule has 1 fully saturated rings. The number of halogens is 1. The molecule has 0 aromatic heterocycles. The van der Waals surface area contributed by atoms with E-state index in [1.165, 1.54) is 5.56 Å². The minimum absolute atomic E-state index is 0.0693. The van der Waals surface area contributed by atoms with E-state index < -0.39 is 0 Å². The first-order valence-corrected chi connectivity index (χ1v) is 10.3. The van der Waals surface area contributed by atoms with Gasteiger partial charge in [-0.25, -0.2) is 0 Å². The van der Waals surface area contributed by atoms with Crippen molar-refractivity contribution < 1.29 is 14.2 Å². The van der Waals surface area contributed by atoms with Crippen molar-refractivity contribution in [2.24, 2.45) is 4.99 Å². The molecule has 1 saturated heterocycles. The molecule has 0 bridgehead atoms. The van der Waals surface area contributed by atoms with Gasteiger partial charge in [0, 0.05) is 57.0 Å². The lowest BCUT2D eigenvalue weighted by Crippen LogP contribution is -2.48. The summed E-state index contributed by atoms with van der Waals surface area (Å²) in [7, 11) is 3.49. The summed E-state index contributed by atoms with van der Waals surface area (Å²) in [6, 6.07) is 8.65. The van der Waals surface area contributed by atoms with Crippen molar-refractivity contribution in [1.82, 2.24) is 10.6 Å². The molecule has 0 atom stereocenters. The van der Waals surface area contributed by atoms with Gasteiger partial charge in [-0.2, -0.15) is 0 Å². The largest absolute Gasteiger partial charge is 0.382 e. The van der Waals surface area contributed by atoms with Crippen molar-refractivity contribution in [3.63, 3.8) is 0 Å². The Labute approximate surface area is 171 Å². The summed E-state index contributed by atoms with van der Waals surface area (Å²) in [4.78, 5) is 4.35. The van der Waals surface area contributed by atoms with Gasteiger partial charge in [0.1, 0.15) is 0 Å². The maximum absolute atomic E-state index is 5.62. The lowest BCUT2D eigenvalue weighted by Gasteiger charge is -2.38. The molecule has 1 aromatic rings. The number of nitrogens with zero attached hydrogens (tertiary/aromatic N) is 1. The Morgan fingerprint density at radius 1 is 1.15 bits per heavy atom. The Morgan fingerprint density at radius 3 is 2.56 bits per heavy atom. The Hall–Kier alpha value is -1.15. The van der Waals surface area contributed by atoms with E-state index in [0.29, 0.717) is 19.8 Å². The molecule has 27 heavy (non-hydrogen) atoms. The molecule has 0 amide bonds. The van der Waals surface area contributed by atoms with E-state index in [9.17, 15) is 0 Å². The quantitative estimate of drug-likeness (QED) is 0.332. The highest BCUT2D eigenvalue weighted by atomic mass is 79.9. The molecule has 7 heteroatoms. The van der Waals surface area contributed by atoms with Gasteiger partial charge in [0.25, 0.3) is 0 Å². The molecule has 0 radical (unpaired) electrons. The fraction of sp³-hybridized carbons (Fsp3) is 0.650. The van der Waals surface area contributed by atoms with Crippen LogP contribution in [0.4, 0.5) is 0 Å². The van der Waals surface area contributed by atoms with Crippen molar-refractivity contribution in [2.45, 2.75) is 24.7 Å². The van der Waals surface area contributed by atoms with Gasteiger partial charge in [0.2, 0.25) is 0 Å². The first kappa shape index (κ1) is 22.1. The van der Waals surface area contributed by atoms with Gasteiger partial charge in [0.15, 0.2) is 5.96 Å². The molecule has 6 nitrogen and oxygen atoms in total. The Balaban J connectivity index is 1.83. The number of guanidine groups is 1. The molecule has 0 spiro atoms. The zero-order chi connectivity index (χ0) is 19.4. The van der Waals surface area contributed by atoms with Crippen LogP contribution in [0.3, 0.4) is 0 Å². The van der Waals surface area contributed by atoms with Crippen LogP contribution in [0.15, 0.2) is 33.7 Å². The molecule has 1 aromatic carbocycles. The lowest BCUT2D eigenvalue weighted by atomic mass is 9.74. The van der Waals surface area contributed by atoms with Gasteiger partial charge in [-0.15, -0.1) is 0 Å². The Kier molecular flexibility index (Phi) is 10.1. The van der Waals surface area contributed by atoms with Crippen molar-refractivity contribution >= 4 is 21.9 Å². The van der Waals surface area contributed by atoms with Crippen molar-refractivity contribution in [3.8, 4) is 0 Å². The average molecular weight is 442 g/mol. The molecule has 1 aliphatic heterocycles. The second kappa shape index (κ2) is 12.3. The zero-order valence-electron chi connectivity index (χ0n) is 16.4. The normalized spacial score (nSPS) is 16.9. The van der Waals surface area contributed by atoms with Crippen LogP contribution in [-0.2, 0) is 19.6 Å². The molecule has 2 N–H and O–H groups in total. The first-order chi connectivity index (χ1) is 13.2. The molecule has 2 rings (SSSR count). The van der Waals surface area contributed by atoms with E-state index in [4.69, 9.17) is 14.2 Å². The summed E-state index contributed by atoms with van der Waals surface area (Å²) in [5.74, 6) is 0.829. The van der Waals surface area contributed by atoms with Crippen molar-refractivity contribution in [2.75, 3.05) is 60.3 Å². The Bertz CT molecular complexity index is 560. The van der Waals surface area contributed by atoms with Crippen molar-refractivity contribution in [1.29, 1.82) is 0 Å². The summed E-state index contributed by atoms with van der Waals surface area (Å²) in [6.45, 7) is 5.24. The van der Waals surface area contributed by atoms with Gasteiger partial charge in [-0.1, -0.05) is 28.1 Å². The smallest absolute Gasteiger partial charge is 0.191 e. The average Bonchev–Trinajstić information content (AvgIpc) is 2.70. The summed E-state index contributed by atoms with van der Waals surface area (Å²) in [6.07, 6.45) is 2.94. The predicted molar refractivity (Wildman–Crippen MR) is 113 cm³/mol. The monoisotopic (exact) mass is 441 g/mol. The zero-order valence-corrected chi connectivity index (χ0v) is 18.0. The number of hydrogen-bond acceptors (Lipinski definition) is 4. The van der Waals surface area contributed by atoms with Gasteiger partial charge < -0.3 is 24.8 Å². The van der Waals surface area contributed by atoms with Gasteiger partial charge >= 0.3 is 0 Å². The minimum atomic E-state index is 0.0693. The second-order valence-electron chi connectivity index (χ2n) is 6.71. The predicted octanol–water partition coefficient (Wildman–Crippen LogP) is 2.72. The molecule has 0 saturated carbocycles. The summed E-state index contributed by atoms with van der Waals surface area (Å²) < 4.78 is 17.2. The van der Waals surface area contributed by atoms with Crippen LogP contribution in [-0.4, -0.2) is 66.2 Å². The van der Waals surface area contributed by atoms with E-state index in [1.54, 1.807) is 14.2 Å². The third-order valence-corrected chi connectivity index (χ3v) is 5.44. The second-order valence-corrected chi connectivity index (χ2v) is 7.63. The maximum Gasteiger partial charge on any atom is 0.191 e. The fourth-order valence-corrected chi connectivity index (χ4v) is 3.50. The highest BCUT2D eigenvalue weighted by Crippen LogP contribution is 2.34. The van der Waals surface area contributed by atoms with Crippen LogP contribution >= 0.6 is 15.9 Å². The minimum Gasteiger partial charge on any atom is -0.382 e. The van der Waals surface area contributed by atoms with Gasteiger partial charge in [-0.05, 0) is 37.0 Å². The van der Waals surface area contributed by atoms with E-state index in [2.05, 4.69) is 55.8 Å². The molecular weight excluding hydrogens is 410 g/mol. The molecule has 1 aliphatic rings. The number of aliphatic imine (C=N–C) groups is 1. The highest BCUT2D eigenvalue weighted by molar-refractivity contribution is 9.10. The summed E-state index contributed by atoms with van der Waals surface area (Å²) in [5, 5.41) is 6.88. The molecular formula is C20H32BrN3O3. The van der Waals surface area contributed by atoms with Crippen LogP contribution in [0.25, 0.3) is 0 Å². The van der Waals surface area contributed by atoms with Crippen LogP contribution in [0.1, 0.15) is 24.8 Å². The Morgan fingerprint density at radius 2 is 1.89 bits per heavy atom. The number of hydrogen-bond donors (Lipinski definition) is 2. The third kappa shape index (κ3) is 7.41. The number of ether oxygens (including phenoxy) is 3. The molecule has 152 valence electrons. The summed E-state index contributed by atoms with van der Waals surface area (Å²) >= 11 is 3.53. The standard InChI is InChI=1S/C20H32BrN3O3/c1-22-19(23-10-3-11-26-15-14-25-2)24-16-20(8-12-27-13-9-20)17-4-6-18(21)7-5-17/h4-7H,3,8-16H2,1-2H3,(H2,22,23,24). The SMILES string of the molecule is CN=C(NCCCOCCOC)NCC1(c2ccc(Br)cc2)CCOCC1. The number of nitrogens with one attached hydrogen (secondary N) is 2. The first-order valence-electron chi connectivity index (χ1n) is 9.55. The van der Waals surface area contributed by atoms with E-state index in [0.717, 1.165) is 56.0 Å². The van der Waals surface area contributed by atoms with Crippen LogP contribution < -0.4 is 10.6 Å². The van der Waals surface area contributed by atoms with E-state index in [1.807, 2.05) is 0 Å². The molecule has 1 heterocycles. The maximum atomic E-state index is 5.62. The lowest BCUT2D eigenvalue weighted by molar-refractivity contribution is 0.0513. The third-order valence-electron chi connectivity index (χ3n) is 4.91. The van der Waals surface area contributed by atoms with Gasteiger partial charge in [0.05, 0.1) is 13.2 Å². The van der Waals surface area contributed by atoms with Crippen LogP contribution in [0.2, 0.25) is 0 Å². The van der Waals surface area contributed by atoms with Crippen molar-refractivity contribution in [3.05, 3.63) is 34.3 Å². The number of benzene rings is 1. The molecule has 0 unspecified atom stereocenters. The number of rotatable bonds is 10. The van der Waals surface area contributed by atoms with Crippen LogP contribution in [0.5, 0.6) is 0 Å². The molecule has 0 aliphatic carbocycles. The topological polar surface area (TPSA) is 64.1 Å². The van der Waals surface area contributed by atoms with Crippen LogP contribution in [0, 0.1) is 0 Å². The van der Waals surface area contributed by atoms with E-state index in [-0.39, 0.29) is 5.41 Å².